The molecule has 11 nitrogen and oxygen atoms in total. The van der Waals surface area contributed by atoms with Crippen LogP contribution in [0.25, 0.3) is 0 Å². The second-order valence-corrected chi connectivity index (χ2v) is 18.7. The van der Waals surface area contributed by atoms with Crippen LogP contribution in [-0.4, -0.2) is 76.9 Å². The van der Waals surface area contributed by atoms with Gasteiger partial charge in [-0.25, -0.2) is 4.57 Å². The predicted molar refractivity (Wildman–Crippen MR) is 257 cm³/mol. The Morgan fingerprint density at radius 2 is 0.968 bits per heavy atom. The average molecular weight is 913 g/mol. The van der Waals surface area contributed by atoms with Gasteiger partial charge in [-0.2, -0.15) is 0 Å². The third-order valence-electron chi connectivity index (χ3n) is 11.2. The number of hydrogen-bond acceptors (Lipinski definition) is 10. The van der Waals surface area contributed by atoms with Crippen molar-refractivity contribution >= 4 is 19.8 Å². The van der Waals surface area contributed by atoms with Crippen molar-refractivity contribution in [2.24, 2.45) is 5.92 Å². The number of carbonyl (C=O) groups excluding carboxylic acids is 2. The van der Waals surface area contributed by atoms with E-state index in [0.29, 0.717) is 19.3 Å². The van der Waals surface area contributed by atoms with E-state index in [4.69, 9.17) is 23.6 Å². The van der Waals surface area contributed by atoms with Crippen LogP contribution in [0, 0.1) is 5.92 Å². The van der Waals surface area contributed by atoms with Gasteiger partial charge in [-0.15, -0.1) is 0 Å². The van der Waals surface area contributed by atoms with E-state index in [1.54, 1.807) is 0 Å². The predicted octanol–water partition coefficient (Wildman–Crippen LogP) is 12.9. The van der Waals surface area contributed by atoms with Crippen molar-refractivity contribution in [2.75, 3.05) is 26.4 Å². The molecule has 0 heterocycles. The zero-order valence-corrected chi connectivity index (χ0v) is 41.0. The normalized spacial score (nSPS) is 15.1. The summed E-state index contributed by atoms with van der Waals surface area (Å²) in [5.74, 6) is -0.113. The summed E-state index contributed by atoms with van der Waals surface area (Å²) in [6.07, 6.45) is 46.0. The molecule has 12 heteroatoms. The van der Waals surface area contributed by atoms with E-state index in [1.807, 2.05) is 19.1 Å². The van der Waals surface area contributed by atoms with E-state index in [2.05, 4.69) is 50.3 Å². The number of unbranched alkanes of at least 4 members (excludes halogenated alkanes) is 18. The molecule has 0 radical (unpaired) electrons. The van der Waals surface area contributed by atoms with Gasteiger partial charge in [-0.1, -0.05) is 191 Å². The van der Waals surface area contributed by atoms with Gasteiger partial charge in [-0.05, 0) is 63.7 Å². The Hall–Kier alpha value is -2.11. The lowest BCUT2D eigenvalue weighted by molar-refractivity contribution is -0.161. The zero-order valence-electron chi connectivity index (χ0n) is 40.1. The van der Waals surface area contributed by atoms with E-state index in [0.717, 1.165) is 63.7 Å². The Kier molecular flexibility index (Phi) is 43.6. The van der Waals surface area contributed by atoms with E-state index < -0.39 is 51.8 Å². The van der Waals surface area contributed by atoms with Crippen LogP contribution in [0.1, 0.15) is 213 Å². The Labute approximate surface area is 384 Å². The first-order valence-electron chi connectivity index (χ1n) is 25.1. The number of carbonyl (C=O) groups is 2. The lowest BCUT2D eigenvalue weighted by Crippen LogP contribution is -2.29. The standard InChI is InChI=1S/C51H93O11P/c1-4-46(3)38-34-30-26-22-18-14-10-8-6-7-9-11-16-20-24-28-32-36-40-50(55)59-44-49(45-61-63(57,58)60-43-48(54)42-52)62-51(56)41-37-33-29-25-21-17-13-12-15-19-23-27-31-35-39-47(53)5-2/h13,15,17,19,25,27,29,31,46-49,52-54H,4-12,14,16,18,20-24,26,28,30,32-45H2,1-3H3,(H,57,58)/b17-13-,19-15-,29-25-,31-27-/t46?,47-,48+,49-/m1/s1. The highest BCUT2D eigenvalue weighted by molar-refractivity contribution is 7.47. The first kappa shape index (κ1) is 60.9. The fraction of sp³-hybridized carbons (Fsp3) is 0.804. The number of aliphatic hydroxyl groups is 3. The van der Waals surface area contributed by atoms with Crippen molar-refractivity contribution in [2.45, 2.75) is 232 Å². The molecule has 5 atom stereocenters. The fourth-order valence-electron chi connectivity index (χ4n) is 6.77. The topological polar surface area (TPSA) is 169 Å². The molecule has 0 aliphatic carbocycles. The average Bonchev–Trinajstić information content (AvgIpc) is 3.27. The molecule has 0 aliphatic heterocycles. The highest BCUT2D eigenvalue weighted by Gasteiger charge is 2.27. The third-order valence-corrected chi connectivity index (χ3v) is 12.1. The maximum atomic E-state index is 12.6. The monoisotopic (exact) mass is 913 g/mol. The number of aliphatic hydroxyl groups excluding tert-OH is 3. The first-order valence-corrected chi connectivity index (χ1v) is 26.6. The molecule has 0 aromatic heterocycles. The van der Waals surface area contributed by atoms with Crippen LogP contribution in [0.2, 0.25) is 0 Å². The lowest BCUT2D eigenvalue weighted by atomic mass is 9.99. The van der Waals surface area contributed by atoms with Crippen LogP contribution < -0.4 is 0 Å². The van der Waals surface area contributed by atoms with Crippen molar-refractivity contribution < 1.29 is 52.9 Å². The molecule has 63 heavy (non-hydrogen) atoms. The van der Waals surface area contributed by atoms with Gasteiger partial charge in [0.1, 0.15) is 12.7 Å². The van der Waals surface area contributed by atoms with Gasteiger partial charge >= 0.3 is 19.8 Å². The largest absolute Gasteiger partial charge is 0.472 e. The molecule has 0 aliphatic rings. The summed E-state index contributed by atoms with van der Waals surface area (Å²) >= 11 is 0. The summed E-state index contributed by atoms with van der Waals surface area (Å²) in [7, 11) is -4.65. The number of phosphoric acid groups is 1. The Morgan fingerprint density at radius 1 is 0.524 bits per heavy atom. The molecule has 2 unspecified atom stereocenters. The van der Waals surface area contributed by atoms with Crippen molar-refractivity contribution in [1.29, 1.82) is 0 Å². The molecule has 0 aromatic carbocycles. The summed E-state index contributed by atoms with van der Waals surface area (Å²) in [6, 6.07) is 0. The molecule has 0 aromatic rings. The van der Waals surface area contributed by atoms with E-state index in [1.165, 1.54) is 103 Å². The minimum Gasteiger partial charge on any atom is -0.462 e. The Balaban J connectivity index is 4.25. The third kappa shape index (κ3) is 44.9. The summed E-state index contributed by atoms with van der Waals surface area (Å²) in [6.45, 7) is 4.44. The molecule has 0 fully saturated rings. The van der Waals surface area contributed by atoms with Crippen molar-refractivity contribution in [3.63, 3.8) is 0 Å². The molecule has 0 amide bonds. The van der Waals surface area contributed by atoms with Crippen LogP contribution in [0.5, 0.6) is 0 Å². The quantitative estimate of drug-likeness (QED) is 0.0198. The SMILES string of the molecule is CCC(C)CCCCCCCCCCCCCCCCCCCCC(=O)OC[C@H](COP(=O)(O)OC[C@@H](O)CO)OC(=O)CCC/C=C\C/C=C\C/C=C\C/C=C\CC[C@H](O)CC. The molecule has 0 spiro atoms. The number of rotatable bonds is 46. The molecular weight excluding hydrogens is 820 g/mol. The van der Waals surface area contributed by atoms with E-state index in [-0.39, 0.29) is 25.6 Å². The highest BCUT2D eigenvalue weighted by Crippen LogP contribution is 2.43. The summed E-state index contributed by atoms with van der Waals surface area (Å²) in [4.78, 5) is 35.1. The van der Waals surface area contributed by atoms with Crippen molar-refractivity contribution in [1.82, 2.24) is 0 Å². The second-order valence-electron chi connectivity index (χ2n) is 17.2. The van der Waals surface area contributed by atoms with Crippen LogP contribution >= 0.6 is 7.82 Å². The van der Waals surface area contributed by atoms with Crippen LogP contribution in [-0.2, 0) is 32.7 Å². The molecule has 0 bridgehead atoms. The fourth-order valence-corrected chi connectivity index (χ4v) is 7.56. The number of allylic oxidation sites excluding steroid dienone is 8. The maximum Gasteiger partial charge on any atom is 0.472 e. The Bertz CT molecular complexity index is 1220. The van der Waals surface area contributed by atoms with Gasteiger partial charge in [0, 0.05) is 12.8 Å². The van der Waals surface area contributed by atoms with Crippen molar-refractivity contribution in [3.05, 3.63) is 48.6 Å². The summed E-state index contributed by atoms with van der Waals surface area (Å²) in [5.41, 5.74) is 0. The van der Waals surface area contributed by atoms with Crippen LogP contribution in [0.15, 0.2) is 48.6 Å². The highest BCUT2D eigenvalue weighted by atomic mass is 31.2. The van der Waals surface area contributed by atoms with Crippen LogP contribution in [0.3, 0.4) is 0 Å². The minimum absolute atomic E-state index is 0.0953. The molecule has 0 rings (SSSR count). The van der Waals surface area contributed by atoms with Crippen LogP contribution in [0.4, 0.5) is 0 Å². The molecule has 4 N–H and O–H groups in total. The van der Waals surface area contributed by atoms with Gasteiger partial charge < -0.3 is 29.7 Å². The maximum absolute atomic E-state index is 12.6. The first-order chi connectivity index (χ1) is 30.5. The molecular formula is C51H93O11P. The van der Waals surface area contributed by atoms with Gasteiger partial charge in [0.25, 0.3) is 0 Å². The lowest BCUT2D eigenvalue weighted by Gasteiger charge is -2.20. The number of esters is 2. The zero-order chi connectivity index (χ0) is 46.5. The minimum atomic E-state index is -4.65. The van der Waals surface area contributed by atoms with Gasteiger partial charge in [0.2, 0.25) is 0 Å². The summed E-state index contributed by atoms with van der Waals surface area (Å²) in [5, 5.41) is 28.0. The molecule has 368 valence electrons. The smallest absolute Gasteiger partial charge is 0.462 e. The van der Waals surface area contributed by atoms with E-state index in [9.17, 15) is 29.3 Å². The number of phosphoric ester groups is 1. The number of hydrogen-bond donors (Lipinski definition) is 4. The molecule has 0 saturated carbocycles. The van der Waals surface area contributed by atoms with Crippen molar-refractivity contribution in [3.8, 4) is 0 Å². The van der Waals surface area contributed by atoms with Gasteiger partial charge in [0.15, 0.2) is 6.10 Å². The van der Waals surface area contributed by atoms with Gasteiger partial charge in [-0.3, -0.25) is 18.6 Å². The Morgan fingerprint density at radius 3 is 1.46 bits per heavy atom. The number of ether oxygens (including phenoxy) is 2. The van der Waals surface area contributed by atoms with E-state index >= 15 is 0 Å². The van der Waals surface area contributed by atoms with Gasteiger partial charge in [0.05, 0.1) is 25.9 Å². The summed E-state index contributed by atoms with van der Waals surface area (Å²) < 4.78 is 32.8. The molecule has 0 saturated heterocycles. The second kappa shape index (κ2) is 45.1.